The average molecular weight is 564 g/mol. The summed E-state index contributed by atoms with van der Waals surface area (Å²) in [6.07, 6.45) is 3.10. The van der Waals surface area contributed by atoms with Gasteiger partial charge in [0.05, 0.1) is 18.1 Å². The Hall–Kier alpha value is -1.79. The molecule has 0 aliphatic carbocycles. The molecule has 0 saturated heterocycles. The van der Waals surface area contributed by atoms with Crippen LogP contribution in [0.4, 0.5) is 5.69 Å². The number of hydrogen-bond donors (Lipinski definition) is 3. The first kappa shape index (κ1) is 27.2. The molecule has 10 heteroatoms. The number of sulfonamides is 1. The highest BCUT2D eigenvalue weighted by Crippen LogP contribution is 2.16. The highest BCUT2D eigenvalue weighted by Gasteiger charge is 2.05. The fourth-order valence-electron chi connectivity index (χ4n) is 2.52. The molecule has 8 nitrogen and oxygen atoms in total. The minimum atomic E-state index is -3.17. The van der Waals surface area contributed by atoms with E-state index in [1.165, 1.54) is 0 Å². The van der Waals surface area contributed by atoms with E-state index >= 15 is 0 Å². The molecule has 2 rings (SSSR count). The summed E-state index contributed by atoms with van der Waals surface area (Å²) in [7, 11) is -3.17. The first-order valence-electron chi connectivity index (χ1n) is 10.2. The van der Waals surface area contributed by atoms with Gasteiger partial charge in [0, 0.05) is 31.7 Å². The summed E-state index contributed by atoms with van der Waals surface area (Å²) >= 11 is 0. The zero-order valence-corrected chi connectivity index (χ0v) is 21.4. The van der Waals surface area contributed by atoms with E-state index in [4.69, 9.17) is 9.15 Å². The molecule has 0 fully saturated rings. The molecule has 2 aromatic rings. The summed E-state index contributed by atoms with van der Waals surface area (Å²) < 4.78 is 36.6. The van der Waals surface area contributed by atoms with Crippen LogP contribution in [-0.2, 0) is 16.4 Å². The number of hydrogen-bond acceptors (Lipinski definition) is 5. The highest BCUT2D eigenvalue weighted by atomic mass is 127. The molecule has 0 bridgehead atoms. The number of halogens is 1. The predicted molar refractivity (Wildman–Crippen MR) is 136 cm³/mol. The molecule has 0 radical (unpaired) electrons. The summed E-state index contributed by atoms with van der Waals surface area (Å²) in [5.41, 5.74) is 0.877. The van der Waals surface area contributed by atoms with Crippen LogP contribution in [0.2, 0.25) is 0 Å². The lowest BCUT2D eigenvalue weighted by Gasteiger charge is -2.14. The second-order valence-corrected chi connectivity index (χ2v) is 9.05. The van der Waals surface area contributed by atoms with E-state index in [2.05, 4.69) is 20.3 Å². The summed E-state index contributed by atoms with van der Waals surface area (Å²) in [6.45, 7) is 7.08. The molecule has 174 valence electrons. The monoisotopic (exact) mass is 564 g/mol. The third kappa shape index (κ3) is 11.4. The Morgan fingerprint density at radius 2 is 1.90 bits per heavy atom. The van der Waals surface area contributed by atoms with E-state index in [1.807, 2.05) is 50.2 Å². The third-order valence-electron chi connectivity index (χ3n) is 4.04. The minimum absolute atomic E-state index is 0. The Morgan fingerprint density at radius 3 is 2.52 bits per heavy atom. The number of guanidine groups is 1. The molecule has 0 unspecified atom stereocenters. The molecule has 1 aromatic carbocycles. The number of nitrogens with one attached hydrogen (secondary N) is 3. The fourth-order valence-corrected chi connectivity index (χ4v) is 3.18. The number of nitrogens with zero attached hydrogens (tertiary/aromatic N) is 1. The standard InChI is InChI=1S/C21H32N4O4S.HI/c1-4-30(26,27)24-14-6-13-22-21(23-15-12-19-7-5-16-28-19)25-18-8-10-20(11-9-18)29-17(2)3;/h5,7-11,16-17,24H,4,6,12-15H2,1-3H3,(H2,22,23,25);1H. The normalized spacial score (nSPS) is 11.8. The van der Waals surface area contributed by atoms with Crippen molar-refractivity contribution >= 4 is 45.6 Å². The molecule has 1 heterocycles. The summed E-state index contributed by atoms with van der Waals surface area (Å²) in [6, 6.07) is 11.5. The first-order chi connectivity index (χ1) is 14.4. The Kier molecular flexibility index (Phi) is 12.6. The van der Waals surface area contributed by atoms with Crippen molar-refractivity contribution in [1.82, 2.24) is 10.0 Å². The number of ether oxygens (including phenoxy) is 1. The van der Waals surface area contributed by atoms with Gasteiger partial charge in [0.25, 0.3) is 0 Å². The van der Waals surface area contributed by atoms with Gasteiger partial charge in [0.2, 0.25) is 10.0 Å². The first-order valence-corrected chi connectivity index (χ1v) is 11.8. The van der Waals surface area contributed by atoms with Gasteiger partial charge in [-0.25, -0.2) is 13.1 Å². The summed E-state index contributed by atoms with van der Waals surface area (Å²) in [4.78, 5) is 4.55. The van der Waals surface area contributed by atoms with Crippen LogP contribution in [0.3, 0.4) is 0 Å². The van der Waals surface area contributed by atoms with Crippen molar-refractivity contribution in [3.63, 3.8) is 0 Å². The van der Waals surface area contributed by atoms with Crippen molar-refractivity contribution in [3.05, 3.63) is 48.4 Å². The molecule has 0 saturated carbocycles. The van der Waals surface area contributed by atoms with Crippen molar-refractivity contribution in [1.29, 1.82) is 0 Å². The van der Waals surface area contributed by atoms with Crippen molar-refractivity contribution in [2.24, 2.45) is 4.99 Å². The van der Waals surface area contributed by atoms with Crippen LogP contribution in [-0.4, -0.2) is 45.9 Å². The SMILES string of the molecule is CCS(=O)(=O)NCCCN=C(NCCc1ccco1)Nc1ccc(OC(C)C)cc1.I. The number of benzene rings is 1. The van der Waals surface area contributed by atoms with E-state index in [1.54, 1.807) is 13.2 Å². The molecular formula is C21H33IN4O4S. The maximum Gasteiger partial charge on any atom is 0.211 e. The van der Waals surface area contributed by atoms with Gasteiger partial charge in [-0.1, -0.05) is 0 Å². The number of furan rings is 1. The van der Waals surface area contributed by atoms with Crippen molar-refractivity contribution in [2.45, 2.75) is 39.7 Å². The van der Waals surface area contributed by atoms with Gasteiger partial charge in [-0.2, -0.15) is 0 Å². The van der Waals surface area contributed by atoms with Gasteiger partial charge in [-0.15, -0.1) is 24.0 Å². The van der Waals surface area contributed by atoms with Gasteiger partial charge in [-0.05, 0) is 63.6 Å². The molecule has 0 aliphatic heterocycles. The zero-order chi connectivity index (χ0) is 21.8. The topological polar surface area (TPSA) is 105 Å². The Bertz CT molecular complexity index is 869. The van der Waals surface area contributed by atoms with Crippen LogP contribution in [0.5, 0.6) is 5.75 Å². The second-order valence-electron chi connectivity index (χ2n) is 6.95. The lowest BCUT2D eigenvalue weighted by molar-refractivity contribution is 0.242. The van der Waals surface area contributed by atoms with Crippen LogP contribution in [0, 0.1) is 0 Å². The Morgan fingerprint density at radius 1 is 1.16 bits per heavy atom. The molecular weight excluding hydrogens is 531 g/mol. The second kappa shape index (κ2) is 14.3. The molecule has 3 N–H and O–H groups in total. The molecule has 31 heavy (non-hydrogen) atoms. The van der Waals surface area contributed by atoms with Crippen molar-refractivity contribution in [2.75, 3.05) is 30.7 Å². The van der Waals surface area contributed by atoms with Gasteiger partial charge in [0.1, 0.15) is 11.5 Å². The van der Waals surface area contributed by atoms with E-state index in [9.17, 15) is 8.42 Å². The maximum absolute atomic E-state index is 11.5. The quantitative estimate of drug-likeness (QED) is 0.158. The van der Waals surface area contributed by atoms with Gasteiger partial charge >= 0.3 is 0 Å². The van der Waals surface area contributed by atoms with Gasteiger partial charge in [0.15, 0.2) is 5.96 Å². The lowest BCUT2D eigenvalue weighted by Crippen LogP contribution is -2.33. The third-order valence-corrected chi connectivity index (χ3v) is 5.44. The average Bonchev–Trinajstić information content (AvgIpc) is 3.22. The minimum Gasteiger partial charge on any atom is -0.491 e. The summed E-state index contributed by atoms with van der Waals surface area (Å²) in [5.74, 6) is 2.40. The highest BCUT2D eigenvalue weighted by molar-refractivity contribution is 14.0. The Balaban J connectivity index is 0.00000480. The Labute approximate surface area is 202 Å². The lowest BCUT2D eigenvalue weighted by atomic mass is 10.3. The number of anilines is 1. The van der Waals surface area contributed by atoms with Gasteiger partial charge < -0.3 is 19.8 Å². The molecule has 0 aliphatic rings. The smallest absolute Gasteiger partial charge is 0.211 e. The van der Waals surface area contributed by atoms with Crippen LogP contribution in [0.15, 0.2) is 52.1 Å². The zero-order valence-electron chi connectivity index (χ0n) is 18.3. The van der Waals surface area contributed by atoms with Crippen molar-refractivity contribution in [3.8, 4) is 5.75 Å². The predicted octanol–water partition coefficient (Wildman–Crippen LogP) is 3.61. The van der Waals surface area contributed by atoms with Crippen LogP contribution in [0.1, 0.15) is 33.0 Å². The number of rotatable bonds is 12. The molecule has 1 aromatic heterocycles. The van der Waals surface area contributed by atoms with Crippen LogP contribution < -0.4 is 20.1 Å². The van der Waals surface area contributed by atoms with Crippen LogP contribution in [0.25, 0.3) is 0 Å². The number of aliphatic imine (C=N–C) groups is 1. The fraction of sp³-hybridized carbons (Fsp3) is 0.476. The van der Waals surface area contributed by atoms with E-state index in [-0.39, 0.29) is 35.8 Å². The van der Waals surface area contributed by atoms with Crippen LogP contribution >= 0.6 is 24.0 Å². The van der Waals surface area contributed by atoms with Crippen molar-refractivity contribution < 1.29 is 17.6 Å². The maximum atomic E-state index is 11.5. The van der Waals surface area contributed by atoms with Gasteiger partial charge in [-0.3, -0.25) is 4.99 Å². The van der Waals surface area contributed by atoms with E-state index in [0.717, 1.165) is 23.6 Å². The molecule has 0 atom stereocenters. The van der Waals surface area contributed by atoms with E-state index < -0.39 is 10.0 Å². The van der Waals surface area contributed by atoms with E-state index in [0.29, 0.717) is 32.0 Å². The largest absolute Gasteiger partial charge is 0.491 e. The molecule has 0 spiro atoms. The summed E-state index contributed by atoms with van der Waals surface area (Å²) in [5, 5.41) is 6.55. The molecule has 0 amide bonds.